The lowest BCUT2D eigenvalue weighted by atomic mass is 10.1. The molecule has 26 heavy (non-hydrogen) atoms. The Morgan fingerprint density at radius 2 is 1.58 bits per heavy atom. The number of nitriles is 1. The van der Waals surface area contributed by atoms with Crippen LogP contribution >= 0.6 is 0 Å². The van der Waals surface area contributed by atoms with Gasteiger partial charge in [-0.05, 0) is 47.5 Å². The fourth-order valence-electron chi connectivity index (χ4n) is 1.83. The van der Waals surface area contributed by atoms with Gasteiger partial charge in [0.25, 0.3) is 0 Å². The van der Waals surface area contributed by atoms with E-state index >= 15 is 0 Å². The van der Waals surface area contributed by atoms with Crippen LogP contribution in [0.4, 0.5) is 0 Å². The molecule has 0 amide bonds. The van der Waals surface area contributed by atoms with Gasteiger partial charge in [0.1, 0.15) is 5.60 Å². The van der Waals surface area contributed by atoms with E-state index in [0.717, 1.165) is 12.8 Å². The smallest absolute Gasteiger partial charge is 0.331 e. The Hall–Kier alpha value is -2.36. The zero-order valence-electron chi connectivity index (χ0n) is 16.7. The first kappa shape index (κ1) is 21.7. The number of hydrogen-bond acceptors (Lipinski definition) is 7. The van der Waals surface area contributed by atoms with Gasteiger partial charge in [-0.2, -0.15) is 15.2 Å². The van der Waals surface area contributed by atoms with Crippen LogP contribution in [0.25, 0.3) is 0 Å². The minimum Gasteiger partial charge on any atom is -0.474 e. The summed E-state index contributed by atoms with van der Waals surface area (Å²) >= 11 is 0. The third-order valence-corrected chi connectivity index (χ3v) is 3.52. The predicted molar refractivity (Wildman–Crippen MR) is 97.0 cm³/mol. The Labute approximate surface area is 155 Å². The predicted octanol–water partition coefficient (Wildman–Crippen LogP) is 3.78. The van der Waals surface area contributed by atoms with Gasteiger partial charge < -0.3 is 14.2 Å². The first-order valence-corrected chi connectivity index (χ1v) is 8.94. The number of carbonyl (C=O) groups is 1. The summed E-state index contributed by atoms with van der Waals surface area (Å²) in [6, 6.07) is 3.49. The Morgan fingerprint density at radius 3 is 1.92 bits per heavy atom. The van der Waals surface area contributed by atoms with E-state index in [9.17, 15) is 10.1 Å². The maximum atomic E-state index is 12.4. The molecule has 0 fully saturated rings. The number of hydrogen-bond donors (Lipinski definition) is 0. The Kier molecular flexibility index (Phi) is 7.81. The van der Waals surface area contributed by atoms with Gasteiger partial charge in [0, 0.05) is 0 Å². The second-order valence-electron chi connectivity index (χ2n) is 7.17. The molecule has 0 saturated heterocycles. The normalized spacial score (nSPS) is 14.7. The molecule has 0 aromatic carbocycles. The summed E-state index contributed by atoms with van der Waals surface area (Å²) in [6.07, 6.45) is 1.43. The van der Waals surface area contributed by atoms with Crippen molar-refractivity contribution in [3.63, 3.8) is 0 Å². The molecule has 0 aliphatic heterocycles. The van der Waals surface area contributed by atoms with Gasteiger partial charge in [0.05, 0.1) is 24.3 Å². The maximum absolute atomic E-state index is 12.4. The molecule has 1 aromatic heterocycles. The molecule has 3 atom stereocenters. The standard InChI is InChI=1S/C19H29N3O4/c1-8-12(3)24-15-10-16(25-13(4)9-2)22-17(21-15)14(11-20)18(23)26-19(5,6)7/h10,12-14H,8-9H2,1-7H3. The first-order valence-electron chi connectivity index (χ1n) is 8.94. The molecule has 0 aliphatic rings. The molecular formula is C19H29N3O4. The molecule has 1 aromatic rings. The number of aromatic nitrogens is 2. The molecule has 0 aliphatic carbocycles. The lowest BCUT2D eigenvalue weighted by Crippen LogP contribution is -2.28. The van der Waals surface area contributed by atoms with E-state index in [0.29, 0.717) is 0 Å². The highest BCUT2D eigenvalue weighted by Crippen LogP contribution is 2.24. The summed E-state index contributed by atoms with van der Waals surface area (Å²) < 4.78 is 16.8. The van der Waals surface area contributed by atoms with Crippen molar-refractivity contribution in [2.24, 2.45) is 0 Å². The van der Waals surface area contributed by atoms with E-state index in [2.05, 4.69) is 9.97 Å². The highest BCUT2D eigenvalue weighted by atomic mass is 16.6. The third-order valence-electron chi connectivity index (χ3n) is 3.52. The lowest BCUT2D eigenvalue weighted by Gasteiger charge is -2.21. The van der Waals surface area contributed by atoms with E-state index in [4.69, 9.17) is 14.2 Å². The molecule has 0 saturated carbocycles. The lowest BCUT2D eigenvalue weighted by molar-refractivity contribution is -0.155. The van der Waals surface area contributed by atoms with E-state index in [1.54, 1.807) is 26.8 Å². The zero-order chi connectivity index (χ0) is 19.9. The largest absolute Gasteiger partial charge is 0.474 e. The fourth-order valence-corrected chi connectivity index (χ4v) is 1.83. The number of ether oxygens (including phenoxy) is 3. The van der Waals surface area contributed by atoms with Crippen LogP contribution in [0.5, 0.6) is 11.8 Å². The molecule has 0 N–H and O–H groups in total. The molecular weight excluding hydrogens is 334 g/mol. The van der Waals surface area contributed by atoms with E-state index < -0.39 is 17.5 Å². The summed E-state index contributed by atoms with van der Waals surface area (Å²) in [5.74, 6) is -1.40. The van der Waals surface area contributed by atoms with Gasteiger partial charge in [-0.3, -0.25) is 4.79 Å². The highest BCUT2D eigenvalue weighted by molar-refractivity contribution is 5.80. The van der Waals surface area contributed by atoms with Crippen LogP contribution in [0, 0.1) is 11.3 Å². The summed E-state index contributed by atoms with van der Waals surface area (Å²) in [5.41, 5.74) is -0.715. The SMILES string of the molecule is CCC(C)Oc1cc(OC(C)CC)nc(C(C#N)C(=O)OC(C)(C)C)n1. The maximum Gasteiger partial charge on any atom is 0.331 e. The van der Waals surface area contributed by atoms with Crippen molar-refractivity contribution in [2.75, 3.05) is 0 Å². The van der Waals surface area contributed by atoms with Crippen molar-refractivity contribution in [1.29, 1.82) is 5.26 Å². The van der Waals surface area contributed by atoms with Crippen molar-refractivity contribution < 1.29 is 19.0 Å². The monoisotopic (exact) mass is 363 g/mol. The molecule has 1 heterocycles. The number of esters is 1. The van der Waals surface area contributed by atoms with Crippen molar-refractivity contribution in [3.8, 4) is 17.8 Å². The molecule has 7 heteroatoms. The third kappa shape index (κ3) is 6.87. The number of carbonyl (C=O) groups excluding carboxylic acids is 1. The Morgan fingerprint density at radius 1 is 1.12 bits per heavy atom. The second-order valence-corrected chi connectivity index (χ2v) is 7.17. The van der Waals surface area contributed by atoms with Crippen LogP contribution in [0.3, 0.4) is 0 Å². The Bertz CT molecular complexity index is 619. The second kappa shape index (κ2) is 9.37. The van der Waals surface area contributed by atoms with Crippen molar-refractivity contribution >= 4 is 5.97 Å². The van der Waals surface area contributed by atoms with Gasteiger partial charge in [-0.1, -0.05) is 13.8 Å². The summed E-state index contributed by atoms with van der Waals surface area (Å²) in [5, 5.41) is 9.47. The van der Waals surface area contributed by atoms with Crippen LogP contribution in [0.15, 0.2) is 6.07 Å². The molecule has 3 unspecified atom stereocenters. The topological polar surface area (TPSA) is 94.3 Å². The molecule has 144 valence electrons. The quantitative estimate of drug-likeness (QED) is 0.649. The first-order chi connectivity index (χ1) is 12.1. The molecule has 0 spiro atoms. The number of nitrogens with zero attached hydrogens (tertiary/aromatic N) is 3. The van der Waals surface area contributed by atoms with Crippen LogP contribution in [0.1, 0.15) is 73.1 Å². The van der Waals surface area contributed by atoms with Crippen LogP contribution in [-0.2, 0) is 9.53 Å². The van der Waals surface area contributed by atoms with Crippen molar-refractivity contribution in [2.45, 2.75) is 85.0 Å². The average molecular weight is 363 g/mol. The van der Waals surface area contributed by atoms with Gasteiger partial charge in [-0.15, -0.1) is 0 Å². The summed E-state index contributed by atoms with van der Waals surface area (Å²) in [7, 11) is 0. The van der Waals surface area contributed by atoms with E-state index in [1.807, 2.05) is 33.8 Å². The molecule has 7 nitrogen and oxygen atoms in total. The summed E-state index contributed by atoms with van der Waals surface area (Å²) in [6.45, 7) is 13.0. The minimum absolute atomic E-state index is 0.0147. The van der Waals surface area contributed by atoms with Gasteiger partial charge in [0.2, 0.25) is 17.7 Å². The Balaban J connectivity index is 3.24. The van der Waals surface area contributed by atoms with Crippen LogP contribution in [0.2, 0.25) is 0 Å². The minimum atomic E-state index is -1.26. The van der Waals surface area contributed by atoms with Gasteiger partial charge in [-0.25, -0.2) is 0 Å². The fraction of sp³-hybridized carbons (Fsp3) is 0.684. The van der Waals surface area contributed by atoms with E-state index in [-0.39, 0.29) is 29.8 Å². The van der Waals surface area contributed by atoms with Gasteiger partial charge >= 0.3 is 5.97 Å². The van der Waals surface area contributed by atoms with Crippen LogP contribution in [-0.4, -0.2) is 33.7 Å². The van der Waals surface area contributed by atoms with Crippen molar-refractivity contribution in [3.05, 3.63) is 11.9 Å². The van der Waals surface area contributed by atoms with Gasteiger partial charge in [0.15, 0.2) is 5.82 Å². The average Bonchev–Trinajstić information content (AvgIpc) is 2.53. The summed E-state index contributed by atoms with van der Waals surface area (Å²) in [4.78, 5) is 20.8. The van der Waals surface area contributed by atoms with Crippen LogP contribution < -0.4 is 9.47 Å². The molecule has 1 rings (SSSR count). The zero-order valence-corrected chi connectivity index (χ0v) is 16.7. The van der Waals surface area contributed by atoms with Crippen molar-refractivity contribution in [1.82, 2.24) is 9.97 Å². The molecule has 0 radical (unpaired) electrons. The number of rotatable bonds is 8. The molecule has 0 bridgehead atoms. The van der Waals surface area contributed by atoms with E-state index in [1.165, 1.54) is 0 Å². The highest BCUT2D eigenvalue weighted by Gasteiger charge is 2.30.